The molecule has 2 saturated heterocycles. The maximum absolute atomic E-state index is 14.3. The summed E-state index contributed by atoms with van der Waals surface area (Å²) in [6, 6.07) is 17.8. The summed E-state index contributed by atoms with van der Waals surface area (Å²) in [7, 11) is 0. The van der Waals surface area contributed by atoms with E-state index in [1.807, 2.05) is 37.3 Å². The van der Waals surface area contributed by atoms with E-state index in [1.54, 1.807) is 29.3 Å². The molecule has 192 valence electrons. The van der Waals surface area contributed by atoms with E-state index in [4.69, 9.17) is 11.6 Å². The standard InChI is InChI=1S/C29H30ClFN4O2/c1-19-23(9-6-13-32-19)28(36)33-26(20-7-3-2-4-8-20)12-14-34-15-21-17-35(18-22(21)16-34)29(37)27-24(30)10-5-11-25(27)31/h2-11,13,21-22,26H,12,14-18H2,1H3,(H,33,36)/t21-,22?,26?/m0/s1. The molecule has 0 bridgehead atoms. The highest BCUT2D eigenvalue weighted by Gasteiger charge is 2.42. The number of carbonyl (C=O) groups is 2. The van der Waals surface area contributed by atoms with Crippen LogP contribution in [-0.2, 0) is 0 Å². The maximum Gasteiger partial charge on any atom is 0.258 e. The topological polar surface area (TPSA) is 65.5 Å². The third kappa shape index (κ3) is 5.53. The van der Waals surface area contributed by atoms with Gasteiger partial charge in [-0.25, -0.2) is 4.39 Å². The molecule has 37 heavy (non-hydrogen) atoms. The van der Waals surface area contributed by atoms with Crippen molar-refractivity contribution in [2.75, 3.05) is 32.7 Å². The number of benzene rings is 2. The van der Waals surface area contributed by atoms with Crippen molar-refractivity contribution in [1.29, 1.82) is 0 Å². The smallest absolute Gasteiger partial charge is 0.258 e. The van der Waals surface area contributed by atoms with Gasteiger partial charge in [-0.2, -0.15) is 0 Å². The summed E-state index contributed by atoms with van der Waals surface area (Å²) in [5.41, 5.74) is 2.32. The Hall–Kier alpha value is -3.29. The Morgan fingerprint density at radius 1 is 1.03 bits per heavy atom. The second-order valence-corrected chi connectivity index (χ2v) is 10.4. The average Bonchev–Trinajstić information content (AvgIpc) is 3.46. The number of aromatic nitrogens is 1. The number of pyridine rings is 1. The van der Waals surface area contributed by atoms with Gasteiger partial charge in [0.25, 0.3) is 11.8 Å². The van der Waals surface area contributed by atoms with E-state index in [1.165, 1.54) is 12.1 Å². The summed E-state index contributed by atoms with van der Waals surface area (Å²) in [5, 5.41) is 3.36. The molecule has 2 aliphatic rings. The van der Waals surface area contributed by atoms with Crippen LogP contribution in [-0.4, -0.2) is 59.3 Å². The molecule has 2 amide bonds. The van der Waals surface area contributed by atoms with Gasteiger partial charge in [0, 0.05) is 44.6 Å². The Kier molecular flexibility index (Phi) is 7.53. The Morgan fingerprint density at radius 3 is 2.43 bits per heavy atom. The van der Waals surface area contributed by atoms with Crippen LogP contribution in [0, 0.1) is 24.6 Å². The Morgan fingerprint density at radius 2 is 1.76 bits per heavy atom. The number of carbonyl (C=O) groups excluding carboxylic acids is 2. The van der Waals surface area contributed by atoms with Crippen LogP contribution >= 0.6 is 11.6 Å². The minimum Gasteiger partial charge on any atom is -0.345 e. The first-order chi connectivity index (χ1) is 17.9. The molecule has 3 aromatic rings. The molecule has 2 aromatic carbocycles. The summed E-state index contributed by atoms with van der Waals surface area (Å²) >= 11 is 6.12. The highest BCUT2D eigenvalue weighted by Crippen LogP contribution is 2.33. The van der Waals surface area contributed by atoms with E-state index in [2.05, 4.69) is 15.2 Å². The van der Waals surface area contributed by atoms with E-state index >= 15 is 0 Å². The number of amides is 2. The largest absolute Gasteiger partial charge is 0.345 e. The van der Waals surface area contributed by atoms with Crippen molar-refractivity contribution in [3.05, 3.63) is 100 Å². The number of likely N-dealkylation sites (tertiary alicyclic amines) is 2. The van der Waals surface area contributed by atoms with Crippen molar-refractivity contribution in [2.45, 2.75) is 19.4 Å². The minimum atomic E-state index is -0.577. The fourth-order valence-corrected chi connectivity index (χ4v) is 5.82. The second kappa shape index (κ2) is 11.0. The van der Waals surface area contributed by atoms with Gasteiger partial charge in [0.15, 0.2) is 0 Å². The van der Waals surface area contributed by atoms with E-state index in [0.717, 1.165) is 31.6 Å². The predicted octanol–water partition coefficient (Wildman–Crippen LogP) is 4.75. The van der Waals surface area contributed by atoms with E-state index in [0.29, 0.717) is 36.2 Å². The predicted molar refractivity (Wildman–Crippen MR) is 141 cm³/mol. The zero-order valence-electron chi connectivity index (χ0n) is 20.7. The molecule has 0 saturated carbocycles. The lowest BCUT2D eigenvalue weighted by molar-refractivity contribution is 0.0769. The van der Waals surface area contributed by atoms with Crippen molar-refractivity contribution < 1.29 is 14.0 Å². The maximum atomic E-state index is 14.3. The molecule has 0 radical (unpaired) electrons. The number of hydrogen-bond acceptors (Lipinski definition) is 4. The summed E-state index contributed by atoms with van der Waals surface area (Å²) in [6.45, 7) is 5.61. The van der Waals surface area contributed by atoms with Gasteiger partial charge in [-0.1, -0.05) is 48.0 Å². The Bertz CT molecular complexity index is 1250. The lowest BCUT2D eigenvalue weighted by Gasteiger charge is -2.25. The number of hydrogen-bond donors (Lipinski definition) is 1. The van der Waals surface area contributed by atoms with Crippen LogP contribution in [0.3, 0.4) is 0 Å². The molecule has 2 aliphatic heterocycles. The zero-order valence-corrected chi connectivity index (χ0v) is 21.5. The molecule has 5 rings (SSSR count). The molecule has 8 heteroatoms. The number of nitrogens with one attached hydrogen (secondary N) is 1. The van der Waals surface area contributed by atoms with Gasteiger partial charge in [0.05, 0.1) is 22.2 Å². The molecule has 0 spiro atoms. The molecular weight excluding hydrogens is 491 g/mol. The Balaban J connectivity index is 1.20. The van der Waals surface area contributed by atoms with E-state index < -0.39 is 5.82 Å². The third-order valence-electron chi connectivity index (χ3n) is 7.52. The van der Waals surface area contributed by atoms with Crippen LogP contribution in [0.4, 0.5) is 4.39 Å². The van der Waals surface area contributed by atoms with Crippen LogP contribution in [0.2, 0.25) is 5.02 Å². The van der Waals surface area contributed by atoms with Crippen molar-refractivity contribution in [3.8, 4) is 0 Å². The summed E-state index contributed by atoms with van der Waals surface area (Å²) < 4.78 is 14.3. The lowest BCUT2D eigenvalue weighted by Crippen LogP contribution is -2.35. The van der Waals surface area contributed by atoms with E-state index in [9.17, 15) is 14.0 Å². The number of aryl methyl sites for hydroxylation is 1. The fraction of sp³-hybridized carbons (Fsp3) is 0.345. The van der Waals surface area contributed by atoms with Crippen molar-refractivity contribution in [3.63, 3.8) is 0 Å². The van der Waals surface area contributed by atoms with Gasteiger partial charge >= 0.3 is 0 Å². The second-order valence-electron chi connectivity index (χ2n) is 9.95. The van der Waals surface area contributed by atoms with Gasteiger partial charge in [0.2, 0.25) is 0 Å². The van der Waals surface area contributed by atoms with Gasteiger partial charge in [0.1, 0.15) is 5.82 Å². The molecule has 3 heterocycles. The third-order valence-corrected chi connectivity index (χ3v) is 7.83. The summed E-state index contributed by atoms with van der Waals surface area (Å²) in [6.07, 6.45) is 2.45. The average molecular weight is 521 g/mol. The molecule has 1 aromatic heterocycles. The van der Waals surface area contributed by atoms with Crippen molar-refractivity contribution in [1.82, 2.24) is 20.1 Å². The first-order valence-electron chi connectivity index (χ1n) is 12.6. The highest BCUT2D eigenvalue weighted by molar-refractivity contribution is 6.33. The van der Waals surface area contributed by atoms with Gasteiger partial charge in [-0.05, 0) is 55.0 Å². The van der Waals surface area contributed by atoms with Crippen molar-refractivity contribution >= 4 is 23.4 Å². The number of nitrogens with zero attached hydrogens (tertiary/aromatic N) is 3. The van der Waals surface area contributed by atoms with Gasteiger partial charge in [-0.3, -0.25) is 14.6 Å². The van der Waals surface area contributed by atoms with Crippen LogP contribution in [0.5, 0.6) is 0 Å². The molecule has 2 fully saturated rings. The molecule has 0 aliphatic carbocycles. The Labute approximate surface area is 221 Å². The normalized spacial score (nSPS) is 20.0. The fourth-order valence-electron chi connectivity index (χ4n) is 5.58. The minimum absolute atomic E-state index is 0.0358. The first kappa shape index (κ1) is 25.4. The van der Waals surface area contributed by atoms with Crippen LogP contribution in [0.25, 0.3) is 0 Å². The molecule has 2 unspecified atom stereocenters. The van der Waals surface area contributed by atoms with E-state index in [-0.39, 0.29) is 28.4 Å². The quantitative estimate of drug-likeness (QED) is 0.488. The van der Waals surface area contributed by atoms with Crippen LogP contribution < -0.4 is 5.32 Å². The molecule has 1 N–H and O–H groups in total. The van der Waals surface area contributed by atoms with Crippen LogP contribution in [0.15, 0.2) is 66.9 Å². The van der Waals surface area contributed by atoms with Gasteiger partial charge < -0.3 is 15.1 Å². The first-order valence-corrected chi connectivity index (χ1v) is 13.0. The lowest BCUT2D eigenvalue weighted by atomic mass is 10.0. The molecule has 6 nitrogen and oxygen atoms in total. The summed E-state index contributed by atoms with van der Waals surface area (Å²) in [4.78, 5) is 34.4. The number of fused-ring (bicyclic) bond motifs is 1. The molecule has 3 atom stereocenters. The SMILES string of the molecule is Cc1ncccc1C(=O)NC(CCN1CC2CN(C(=O)c3c(F)cccc3Cl)C[C@@H]2C1)c1ccccc1. The van der Waals surface area contributed by atoms with Gasteiger partial charge in [-0.15, -0.1) is 0 Å². The monoisotopic (exact) mass is 520 g/mol. The zero-order chi connectivity index (χ0) is 25.9. The number of rotatable bonds is 7. The van der Waals surface area contributed by atoms with Crippen molar-refractivity contribution in [2.24, 2.45) is 11.8 Å². The summed E-state index contributed by atoms with van der Waals surface area (Å²) in [5.74, 6) is -0.346. The van der Waals surface area contributed by atoms with Crippen LogP contribution in [0.1, 0.15) is 44.4 Å². The highest BCUT2D eigenvalue weighted by atomic mass is 35.5. The molecular formula is C29H30ClFN4O2. The number of halogens is 2.